The second-order valence-electron chi connectivity index (χ2n) is 4.55. The molecule has 0 bridgehead atoms. The van der Waals surface area contributed by atoms with Gasteiger partial charge in [0, 0.05) is 21.3 Å². The molecule has 124 valence electrons. The molecule has 0 saturated heterocycles. The molecule has 8 nitrogen and oxygen atoms in total. The first-order valence-electron chi connectivity index (χ1n) is 6.68. The SMILES string of the molecule is O=C(COc1ccc(I)cc1)NNC(=O)c1cccc([N+](=O)[O-])c1. The fourth-order valence-electron chi connectivity index (χ4n) is 1.68. The van der Waals surface area contributed by atoms with E-state index in [1.807, 2.05) is 12.1 Å². The summed E-state index contributed by atoms with van der Waals surface area (Å²) in [6, 6.07) is 12.3. The number of hydrogen-bond acceptors (Lipinski definition) is 5. The number of ether oxygens (including phenoxy) is 1. The van der Waals surface area contributed by atoms with Crippen LogP contribution in [0.5, 0.6) is 5.75 Å². The Morgan fingerprint density at radius 1 is 1.12 bits per heavy atom. The van der Waals surface area contributed by atoms with Gasteiger partial charge < -0.3 is 4.74 Å². The number of carbonyl (C=O) groups excluding carboxylic acids is 2. The van der Waals surface area contributed by atoms with E-state index in [1.54, 1.807) is 12.1 Å². The zero-order valence-electron chi connectivity index (χ0n) is 12.2. The minimum Gasteiger partial charge on any atom is -0.484 e. The topological polar surface area (TPSA) is 111 Å². The molecule has 0 heterocycles. The molecule has 2 rings (SSSR count). The fraction of sp³-hybridized carbons (Fsp3) is 0.0667. The molecule has 0 unspecified atom stereocenters. The molecule has 0 spiro atoms. The number of amides is 2. The highest BCUT2D eigenvalue weighted by Gasteiger charge is 2.12. The smallest absolute Gasteiger partial charge is 0.276 e. The van der Waals surface area contributed by atoms with E-state index in [4.69, 9.17) is 4.74 Å². The molecule has 0 fully saturated rings. The van der Waals surface area contributed by atoms with Crippen LogP contribution < -0.4 is 15.6 Å². The number of non-ortho nitro benzene ring substituents is 1. The van der Waals surface area contributed by atoms with E-state index in [0.29, 0.717) is 5.75 Å². The second-order valence-corrected chi connectivity index (χ2v) is 5.80. The van der Waals surface area contributed by atoms with E-state index in [2.05, 4.69) is 33.4 Å². The van der Waals surface area contributed by atoms with E-state index in [-0.39, 0.29) is 17.9 Å². The number of nitrogens with zero attached hydrogens (tertiary/aromatic N) is 1. The molecule has 0 radical (unpaired) electrons. The summed E-state index contributed by atoms with van der Waals surface area (Å²) in [5, 5.41) is 10.7. The number of carbonyl (C=O) groups is 2. The summed E-state index contributed by atoms with van der Waals surface area (Å²) < 4.78 is 6.29. The minimum atomic E-state index is -0.665. The van der Waals surface area contributed by atoms with Gasteiger partial charge in [-0.3, -0.25) is 30.6 Å². The molecular formula is C15H12IN3O5. The van der Waals surface area contributed by atoms with E-state index in [1.165, 1.54) is 18.2 Å². The van der Waals surface area contributed by atoms with Gasteiger partial charge in [0.1, 0.15) is 5.75 Å². The predicted molar refractivity (Wildman–Crippen MR) is 93.4 cm³/mol. The first kappa shape index (κ1) is 17.7. The summed E-state index contributed by atoms with van der Waals surface area (Å²) >= 11 is 2.15. The molecule has 9 heteroatoms. The van der Waals surface area contributed by atoms with Crippen molar-refractivity contribution in [3.8, 4) is 5.75 Å². The molecule has 24 heavy (non-hydrogen) atoms. The number of nitrogens with one attached hydrogen (secondary N) is 2. The summed E-state index contributed by atoms with van der Waals surface area (Å²) in [5.41, 5.74) is 4.19. The van der Waals surface area contributed by atoms with Gasteiger partial charge in [-0.1, -0.05) is 6.07 Å². The van der Waals surface area contributed by atoms with Gasteiger partial charge >= 0.3 is 0 Å². The van der Waals surface area contributed by atoms with Crippen LogP contribution in [0.3, 0.4) is 0 Å². The Balaban J connectivity index is 1.82. The lowest BCUT2D eigenvalue weighted by molar-refractivity contribution is -0.384. The molecule has 2 aromatic carbocycles. The van der Waals surface area contributed by atoms with Crippen molar-refractivity contribution in [1.82, 2.24) is 10.9 Å². The van der Waals surface area contributed by atoms with E-state index in [9.17, 15) is 19.7 Å². The Morgan fingerprint density at radius 2 is 1.83 bits per heavy atom. The van der Waals surface area contributed by atoms with Crippen molar-refractivity contribution in [2.24, 2.45) is 0 Å². The van der Waals surface area contributed by atoms with Crippen LogP contribution in [0.4, 0.5) is 5.69 Å². The molecular weight excluding hydrogens is 429 g/mol. The Labute approximate surface area is 150 Å². The fourth-order valence-corrected chi connectivity index (χ4v) is 2.03. The van der Waals surface area contributed by atoms with Gasteiger partial charge in [-0.25, -0.2) is 0 Å². The highest BCUT2D eigenvalue weighted by Crippen LogP contribution is 2.13. The van der Waals surface area contributed by atoms with E-state index in [0.717, 1.165) is 9.64 Å². The van der Waals surface area contributed by atoms with Crippen LogP contribution in [0.15, 0.2) is 48.5 Å². The van der Waals surface area contributed by atoms with Gasteiger partial charge in [-0.2, -0.15) is 0 Å². The Morgan fingerprint density at radius 3 is 2.50 bits per heavy atom. The van der Waals surface area contributed by atoms with Gasteiger partial charge in [0.2, 0.25) is 0 Å². The van der Waals surface area contributed by atoms with Crippen LogP contribution in [0.1, 0.15) is 10.4 Å². The first-order valence-corrected chi connectivity index (χ1v) is 7.75. The highest BCUT2D eigenvalue weighted by atomic mass is 127. The third-order valence-corrected chi connectivity index (χ3v) is 3.54. The Kier molecular flexibility index (Phi) is 6.07. The number of benzene rings is 2. The second kappa shape index (κ2) is 8.24. The molecule has 0 atom stereocenters. The number of nitro benzene ring substituents is 1. The molecule has 2 aromatic rings. The molecule has 2 amide bonds. The first-order chi connectivity index (χ1) is 11.5. The third kappa shape index (κ3) is 5.19. The van der Waals surface area contributed by atoms with Gasteiger partial charge in [0.15, 0.2) is 6.61 Å². The van der Waals surface area contributed by atoms with Crippen molar-refractivity contribution in [2.75, 3.05) is 6.61 Å². The van der Waals surface area contributed by atoms with Crippen molar-refractivity contribution in [3.63, 3.8) is 0 Å². The maximum atomic E-state index is 11.8. The third-order valence-electron chi connectivity index (χ3n) is 2.82. The maximum Gasteiger partial charge on any atom is 0.276 e. The van der Waals surface area contributed by atoms with Crippen molar-refractivity contribution in [2.45, 2.75) is 0 Å². The van der Waals surface area contributed by atoms with E-state index < -0.39 is 16.7 Å². The lowest BCUT2D eigenvalue weighted by atomic mass is 10.2. The predicted octanol–water partition coefficient (Wildman–Crippen LogP) is 2.04. The van der Waals surface area contributed by atoms with Gasteiger partial charge in [0.25, 0.3) is 17.5 Å². The van der Waals surface area contributed by atoms with Crippen LogP contribution in [-0.4, -0.2) is 23.3 Å². The van der Waals surface area contributed by atoms with Crippen molar-refractivity contribution >= 4 is 40.1 Å². The summed E-state index contributed by atoms with van der Waals surface area (Å²) in [7, 11) is 0. The van der Waals surface area contributed by atoms with Crippen LogP contribution in [-0.2, 0) is 4.79 Å². The minimum absolute atomic E-state index is 0.0584. The standard InChI is InChI=1S/C15H12IN3O5/c16-11-4-6-13(7-5-11)24-9-14(20)17-18-15(21)10-2-1-3-12(8-10)19(22)23/h1-8H,9H2,(H,17,20)(H,18,21). The number of rotatable bonds is 5. The van der Waals surface area contributed by atoms with Gasteiger partial charge in [-0.05, 0) is 52.9 Å². The molecule has 0 aromatic heterocycles. The molecule has 2 N–H and O–H groups in total. The van der Waals surface area contributed by atoms with Crippen LogP contribution >= 0.6 is 22.6 Å². The number of hydrogen-bond donors (Lipinski definition) is 2. The molecule has 0 aliphatic heterocycles. The zero-order chi connectivity index (χ0) is 17.5. The number of halogens is 1. The Bertz CT molecular complexity index is 764. The lowest BCUT2D eigenvalue weighted by Gasteiger charge is -2.09. The largest absolute Gasteiger partial charge is 0.484 e. The summed E-state index contributed by atoms with van der Waals surface area (Å²) in [6.45, 7) is -0.282. The van der Waals surface area contributed by atoms with Crippen LogP contribution in [0.2, 0.25) is 0 Å². The molecule has 0 saturated carbocycles. The molecule has 0 aliphatic rings. The van der Waals surface area contributed by atoms with Gasteiger partial charge in [0.05, 0.1) is 4.92 Å². The quantitative estimate of drug-likeness (QED) is 0.419. The normalized spacial score (nSPS) is 9.88. The highest BCUT2D eigenvalue weighted by molar-refractivity contribution is 14.1. The summed E-state index contributed by atoms with van der Waals surface area (Å²) in [6.07, 6.45) is 0. The maximum absolute atomic E-state index is 11.8. The lowest BCUT2D eigenvalue weighted by Crippen LogP contribution is -2.43. The monoisotopic (exact) mass is 441 g/mol. The van der Waals surface area contributed by atoms with Crippen molar-refractivity contribution in [1.29, 1.82) is 0 Å². The van der Waals surface area contributed by atoms with Gasteiger partial charge in [-0.15, -0.1) is 0 Å². The summed E-state index contributed by atoms with van der Waals surface area (Å²) in [5.74, 6) is -0.704. The number of nitro groups is 1. The average molecular weight is 441 g/mol. The van der Waals surface area contributed by atoms with Crippen LogP contribution in [0, 0.1) is 13.7 Å². The van der Waals surface area contributed by atoms with Crippen molar-refractivity contribution in [3.05, 3.63) is 67.8 Å². The van der Waals surface area contributed by atoms with E-state index >= 15 is 0 Å². The zero-order valence-corrected chi connectivity index (χ0v) is 14.3. The number of hydrazine groups is 1. The Hall–Kier alpha value is -2.69. The average Bonchev–Trinajstić information content (AvgIpc) is 2.59. The van der Waals surface area contributed by atoms with Crippen LogP contribution in [0.25, 0.3) is 0 Å². The molecule has 0 aliphatic carbocycles. The van der Waals surface area contributed by atoms with Crippen molar-refractivity contribution < 1.29 is 19.2 Å². The summed E-state index contributed by atoms with van der Waals surface area (Å²) in [4.78, 5) is 33.5.